The van der Waals surface area contributed by atoms with Crippen molar-refractivity contribution in [2.24, 2.45) is 4.99 Å². The number of nitrogens with one attached hydrogen (secondary N) is 1. The lowest BCUT2D eigenvalue weighted by Crippen LogP contribution is -2.14. The summed E-state index contributed by atoms with van der Waals surface area (Å²) in [5.74, 6) is 3.16. The van der Waals surface area contributed by atoms with Crippen LogP contribution in [0.3, 0.4) is 0 Å². The average molecular weight is 541 g/mol. The van der Waals surface area contributed by atoms with Crippen molar-refractivity contribution in [2.45, 2.75) is 0 Å². The number of anilines is 1. The number of aliphatic imine (C=N–C) groups is 1. The minimum absolute atomic E-state index is 0.535. The molecule has 8 nitrogen and oxygen atoms in total. The van der Waals surface area contributed by atoms with E-state index >= 15 is 0 Å². The van der Waals surface area contributed by atoms with E-state index in [0.717, 1.165) is 77.4 Å². The van der Waals surface area contributed by atoms with Crippen LogP contribution in [0.25, 0.3) is 43.0 Å². The maximum absolute atomic E-state index is 5.98. The van der Waals surface area contributed by atoms with Crippen molar-refractivity contribution in [1.29, 1.82) is 0 Å². The standard InChI is InChI=1S/C28H20N4O4S2/c1-3-17(27-25-19(13-37-27)33-9-11-35-25)23-21(29-5-7-31-23)15(1)16-2-4-18(24-22(16)30-6-8-32-24)28-26-20(14-38-28)34-10-12-36-26/h1-5,7-8,13-14,30H,6,9-12H2. The van der Waals surface area contributed by atoms with Gasteiger partial charge in [-0.1, -0.05) is 24.3 Å². The highest BCUT2D eigenvalue weighted by Crippen LogP contribution is 2.53. The van der Waals surface area contributed by atoms with Gasteiger partial charge in [0.2, 0.25) is 0 Å². The highest BCUT2D eigenvalue weighted by atomic mass is 32.1. The van der Waals surface area contributed by atoms with Crippen molar-refractivity contribution in [3.63, 3.8) is 0 Å². The number of hydrogen-bond donors (Lipinski definition) is 1. The van der Waals surface area contributed by atoms with Crippen LogP contribution in [0.2, 0.25) is 0 Å². The lowest BCUT2D eigenvalue weighted by molar-refractivity contribution is 0.174. The first kappa shape index (κ1) is 21.9. The molecule has 10 heteroatoms. The van der Waals surface area contributed by atoms with Gasteiger partial charge in [0.05, 0.1) is 38.7 Å². The summed E-state index contributed by atoms with van der Waals surface area (Å²) in [5, 5.41) is 7.56. The van der Waals surface area contributed by atoms with Crippen molar-refractivity contribution in [3.8, 4) is 55.0 Å². The molecule has 0 saturated heterocycles. The Morgan fingerprint density at radius 3 is 1.97 bits per heavy atom. The third-order valence-electron chi connectivity index (χ3n) is 6.78. The predicted octanol–water partition coefficient (Wildman–Crippen LogP) is 6.42. The highest BCUT2D eigenvalue weighted by Gasteiger charge is 2.27. The van der Waals surface area contributed by atoms with Gasteiger partial charge in [0, 0.05) is 51.6 Å². The summed E-state index contributed by atoms with van der Waals surface area (Å²) in [7, 11) is 0. The summed E-state index contributed by atoms with van der Waals surface area (Å²) in [6.07, 6.45) is 5.37. The number of thiophene rings is 2. The molecule has 3 aromatic heterocycles. The van der Waals surface area contributed by atoms with E-state index in [-0.39, 0.29) is 0 Å². The summed E-state index contributed by atoms with van der Waals surface area (Å²) in [6, 6.07) is 8.45. The summed E-state index contributed by atoms with van der Waals surface area (Å²) in [4.78, 5) is 16.4. The molecule has 3 aliphatic heterocycles. The molecule has 0 atom stereocenters. The van der Waals surface area contributed by atoms with Crippen LogP contribution in [0.15, 0.2) is 52.4 Å². The lowest BCUT2D eigenvalue weighted by Gasteiger charge is -2.22. The molecule has 3 aliphatic rings. The molecule has 0 fully saturated rings. The number of fused-ring (bicyclic) bond motifs is 4. The average Bonchev–Trinajstić information content (AvgIpc) is 3.61. The fraction of sp³-hybridized carbons (Fsp3) is 0.179. The Morgan fingerprint density at radius 2 is 1.24 bits per heavy atom. The highest BCUT2D eigenvalue weighted by molar-refractivity contribution is 7.14. The molecule has 0 unspecified atom stereocenters. The van der Waals surface area contributed by atoms with Crippen molar-refractivity contribution in [3.05, 3.63) is 47.4 Å². The third kappa shape index (κ3) is 3.30. The molecule has 0 radical (unpaired) electrons. The van der Waals surface area contributed by atoms with Crippen LogP contribution in [0.1, 0.15) is 0 Å². The molecule has 1 N–H and O–H groups in total. The summed E-state index contributed by atoms with van der Waals surface area (Å²) in [6.45, 7) is 2.85. The Kier molecular flexibility index (Phi) is 5.02. The molecule has 0 amide bonds. The normalized spacial score (nSPS) is 15.3. The molecule has 0 bridgehead atoms. The zero-order valence-corrected chi connectivity index (χ0v) is 21.7. The van der Waals surface area contributed by atoms with Crippen molar-refractivity contribution in [1.82, 2.24) is 9.97 Å². The third-order valence-corrected chi connectivity index (χ3v) is 8.72. The zero-order valence-electron chi connectivity index (χ0n) is 20.0. The van der Waals surface area contributed by atoms with Crippen molar-refractivity contribution < 1.29 is 18.9 Å². The minimum atomic E-state index is 0.535. The number of rotatable bonds is 3. The van der Waals surface area contributed by atoms with E-state index < -0.39 is 0 Å². The van der Waals surface area contributed by atoms with E-state index in [0.29, 0.717) is 33.0 Å². The van der Waals surface area contributed by atoms with Crippen LogP contribution in [0, 0.1) is 0 Å². The van der Waals surface area contributed by atoms with E-state index in [1.54, 1.807) is 35.1 Å². The Morgan fingerprint density at radius 1 is 0.658 bits per heavy atom. The Hall–Kier alpha value is -4.15. The number of benzene rings is 2. The molecule has 188 valence electrons. The fourth-order valence-corrected chi connectivity index (χ4v) is 7.07. The molecule has 38 heavy (non-hydrogen) atoms. The second-order valence-electron chi connectivity index (χ2n) is 8.90. The first-order valence-electron chi connectivity index (χ1n) is 12.3. The maximum Gasteiger partial charge on any atom is 0.180 e. The Balaban J connectivity index is 1.30. The second-order valence-corrected chi connectivity index (χ2v) is 10.7. The van der Waals surface area contributed by atoms with Gasteiger partial charge in [-0.25, -0.2) is 0 Å². The van der Waals surface area contributed by atoms with Crippen LogP contribution in [-0.2, 0) is 0 Å². The van der Waals surface area contributed by atoms with Crippen LogP contribution >= 0.6 is 22.7 Å². The summed E-state index contributed by atoms with van der Waals surface area (Å²) >= 11 is 3.21. The Bertz CT molecular complexity index is 1760. The van der Waals surface area contributed by atoms with Gasteiger partial charge in [-0.15, -0.1) is 22.7 Å². The molecular formula is C28H20N4O4S2. The molecule has 0 spiro atoms. The Labute approximate surface area is 225 Å². The van der Waals surface area contributed by atoms with Gasteiger partial charge in [0.25, 0.3) is 0 Å². The van der Waals surface area contributed by atoms with Gasteiger partial charge in [-0.2, -0.15) is 0 Å². The van der Waals surface area contributed by atoms with Gasteiger partial charge in [0.1, 0.15) is 26.4 Å². The smallest absolute Gasteiger partial charge is 0.180 e. The number of aromatic nitrogens is 2. The molecule has 5 aromatic rings. The largest absolute Gasteiger partial charge is 0.485 e. The second kappa shape index (κ2) is 8.71. The topological polar surface area (TPSA) is 87.1 Å². The summed E-state index contributed by atoms with van der Waals surface area (Å²) < 4.78 is 23.5. The molecular weight excluding hydrogens is 520 g/mol. The van der Waals surface area contributed by atoms with Crippen LogP contribution in [0.4, 0.5) is 11.4 Å². The summed E-state index contributed by atoms with van der Waals surface area (Å²) in [5.41, 5.74) is 7.48. The first-order chi connectivity index (χ1) is 18.9. The van der Waals surface area contributed by atoms with E-state index in [1.165, 1.54) is 0 Å². The fourth-order valence-electron chi connectivity index (χ4n) is 5.15. The van der Waals surface area contributed by atoms with E-state index in [9.17, 15) is 0 Å². The quantitative estimate of drug-likeness (QED) is 0.282. The van der Waals surface area contributed by atoms with Crippen LogP contribution in [0.5, 0.6) is 23.0 Å². The van der Waals surface area contributed by atoms with Gasteiger partial charge < -0.3 is 24.3 Å². The molecule has 6 heterocycles. The van der Waals surface area contributed by atoms with E-state index in [1.807, 2.05) is 17.0 Å². The first-order valence-corrected chi connectivity index (χ1v) is 14.0. The zero-order chi connectivity index (χ0) is 25.1. The molecule has 2 aromatic carbocycles. The van der Waals surface area contributed by atoms with Crippen LogP contribution in [-0.4, -0.2) is 49.2 Å². The number of hydrogen-bond acceptors (Lipinski definition) is 10. The van der Waals surface area contributed by atoms with Crippen molar-refractivity contribution in [2.75, 3.05) is 38.3 Å². The van der Waals surface area contributed by atoms with Gasteiger partial charge in [-0.3, -0.25) is 15.0 Å². The lowest BCUT2D eigenvalue weighted by atomic mass is 9.95. The molecule has 0 saturated carbocycles. The predicted molar refractivity (Wildman–Crippen MR) is 150 cm³/mol. The number of ether oxygens (including phenoxy) is 4. The maximum atomic E-state index is 5.98. The molecule has 0 aliphatic carbocycles. The van der Waals surface area contributed by atoms with Gasteiger partial charge in [0.15, 0.2) is 23.0 Å². The number of nitrogens with zero attached hydrogens (tertiary/aromatic N) is 3. The van der Waals surface area contributed by atoms with E-state index in [4.69, 9.17) is 33.9 Å². The van der Waals surface area contributed by atoms with Gasteiger partial charge >= 0.3 is 0 Å². The van der Waals surface area contributed by atoms with Gasteiger partial charge in [-0.05, 0) is 0 Å². The van der Waals surface area contributed by atoms with Crippen molar-refractivity contribution >= 4 is 51.3 Å². The minimum Gasteiger partial charge on any atom is -0.485 e. The monoisotopic (exact) mass is 540 g/mol. The van der Waals surface area contributed by atoms with Crippen LogP contribution < -0.4 is 24.3 Å². The van der Waals surface area contributed by atoms with E-state index in [2.05, 4.69) is 29.6 Å². The molecule has 8 rings (SSSR count). The SMILES string of the molecule is C1=Nc2c(-c3scc4c3OCCO4)ccc(-c3ccc(-c4scc5c4OCCO5)c4nccnc34)c2NC1.